The molecule has 0 aliphatic carbocycles. The summed E-state index contributed by atoms with van der Waals surface area (Å²) in [5, 5.41) is 61.1. The number of methoxy groups -OCH3 is 2. The highest BCUT2D eigenvalue weighted by molar-refractivity contribution is 5.73. The molecular weight excluding hydrogens is 488 g/mol. The number of ether oxygens (including phenoxy) is 2. The van der Waals surface area contributed by atoms with Gasteiger partial charge in [-0.15, -0.1) is 0 Å². The molecule has 4 rings (SSSR count). The van der Waals surface area contributed by atoms with Crippen molar-refractivity contribution in [3.8, 4) is 46.0 Å². The van der Waals surface area contributed by atoms with Crippen LogP contribution in [0.5, 0.6) is 46.0 Å². The molecule has 4 aromatic carbocycles. The van der Waals surface area contributed by atoms with Crippen LogP contribution in [0.15, 0.2) is 66.7 Å². The molecule has 38 heavy (non-hydrogen) atoms. The number of hydrogen-bond donors (Lipinski definition) is 6. The van der Waals surface area contributed by atoms with Gasteiger partial charge in [-0.25, -0.2) is 0 Å². The van der Waals surface area contributed by atoms with Gasteiger partial charge in [-0.2, -0.15) is 0 Å². The van der Waals surface area contributed by atoms with Crippen LogP contribution in [0.1, 0.15) is 33.7 Å². The molecule has 0 aliphatic rings. The van der Waals surface area contributed by atoms with Crippen molar-refractivity contribution in [2.24, 2.45) is 0 Å². The topological polar surface area (TPSA) is 140 Å². The number of aromatic hydroxyl groups is 6. The second kappa shape index (κ2) is 11.0. The van der Waals surface area contributed by atoms with Crippen LogP contribution in [0.4, 0.5) is 0 Å². The van der Waals surface area contributed by atoms with Gasteiger partial charge in [-0.1, -0.05) is 24.3 Å². The molecule has 0 radical (unpaired) electrons. The van der Waals surface area contributed by atoms with Crippen LogP contribution < -0.4 is 9.47 Å². The molecule has 0 bridgehead atoms. The van der Waals surface area contributed by atoms with Crippen LogP contribution in [0.25, 0.3) is 12.2 Å². The maximum atomic E-state index is 11.2. The Balaban J connectivity index is 1.86. The van der Waals surface area contributed by atoms with E-state index in [1.54, 1.807) is 42.5 Å². The summed E-state index contributed by atoms with van der Waals surface area (Å²) >= 11 is 0. The van der Waals surface area contributed by atoms with E-state index < -0.39 is 5.92 Å². The summed E-state index contributed by atoms with van der Waals surface area (Å²) in [6.45, 7) is 0. The van der Waals surface area contributed by atoms with Crippen molar-refractivity contribution in [3.63, 3.8) is 0 Å². The molecule has 6 N–H and O–H groups in total. The van der Waals surface area contributed by atoms with Gasteiger partial charge in [0.25, 0.3) is 0 Å². The monoisotopic (exact) mass is 516 g/mol. The molecule has 0 spiro atoms. The lowest BCUT2D eigenvalue weighted by Crippen LogP contribution is -2.07. The predicted octanol–water partition coefficient (Wildman–Crippen LogP) is 5.48. The molecule has 1 unspecified atom stereocenters. The van der Waals surface area contributed by atoms with Crippen LogP contribution in [0, 0.1) is 0 Å². The third-order valence-electron chi connectivity index (χ3n) is 6.21. The van der Waals surface area contributed by atoms with E-state index in [4.69, 9.17) is 9.47 Å². The first-order chi connectivity index (χ1) is 18.2. The summed E-state index contributed by atoms with van der Waals surface area (Å²) in [6.07, 6.45) is 3.66. The largest absolute Gasteiger partial charge is 0.508 e. The Morgan fingerprint density at radius 3 is 1.92 bits per heavy atom. The normalized spacial score (nSPS) is 11.9. The zero-order valence-corrected chi connectivity index (χ0v) is 20.8. The lowest BCUT2D eigenvalue weighted by molar-refractivity contribution is 0.368. The fraction of sp³-hybridized carbons (Fsp3) is 0.133. The molecule has 196 valence electrons. The summed E-state index contributed by atoms with van der Waals surface area (Å²) in [5.41, 5.74) is 2.90. The lowest BCUT2D eigenvalue weighted by Gasteiger charge is -2.22. The van der Waals surface area contributed by atoms with Gasteiger partial charge in [-0.3, -0.25) is 0 Å². The van der Waals surface area contributed by atoms with Gasteiger partial charge >= 0.3 is 0 Å². The average molecular weight is 517 g/mol. The standard InChI is InChI=1S/C30H28O8/c1-37-28-14-19(6-8-26(28)34)24(13-20-5-7-21(31)16-27(20)35)25-11-18(12-29(38-2)30(25)36)4-3-17-9-22(32)15-23(33)10-17/h3-12,14-16,24,31-36H,13H2,1-2H3. The van der Waals surface area contributed by atoms with Crippen LogP contribution >= 0.6 is 0 Å². The first-order valence-electron chi connectivity index (χ1n) is 11.7. The number of hydrogen-bond acceptors (Lipinski definition) is 8. The molecule has 0 aliphatic heterocycles. The van der Waals surface area contributed by atoms with Crippen molar-refractivity contribution in [1.82, 2.24) is 0 Å². The molecule has 0 heterocycles. The third kappa shape index (κ3) is 5.70. The lowest BCUT2D eigenvalue weighted by atomic mass is 9.84. The molecule has 0 aromatic heterocycles. The fourth-order valence-corrected chi connectivity index (χ4v) is 4.34. The van der Waals surface area contributed by atoms with Gasteiger partial charge in [0, 0.05) is 23.6 Å². The first kappa shape index (κ1) is 26.1. The first-order valence-corrected chi connectivity index (χ1v) is 11.7. The van der Waals surface area contributed by atoms with Crippen molar-refractivity contribution in [2.45, 2.75) is 12.3 Å². The Kier molecular flexibility index (Phi) is 7.53. The van der Waals surface area contributed by atoms with Gasteiger partial charge < -0.3 is 40.1 Å². The second-order valence-corrected chi connectivity index (χ2v) is 8.78. The van der Waals surface area contributed by atoms with Crippen LogP contribution in [0.2, 0.25) is 0 Å². The van der Waals surface area contributed by atoms with Crippen molar-refractivity contribution in [1.29, 1.82) is 0 Å². The van der Waals surface area contributed by atoms with Crippen LogP contribution in [-0.4, -0.2) is 44.9 Å². The van der Waals surface area contributed by atoms with Crippen LogP contribution in [0.3, 0.4) is 0 Å². The quantitative estimate of drug-likeness (QED) is 0.169. The summed E-state index contributed by atoms with van der Waals surface area (Å²) in [4.78, 5) is 0. The Labute approximate surface area is 219 Å². The minimum Gasteiger partial charge on any atom is -0.508 e. The molecule has 1 atom stereocenters. The molecule has 8 heteroatoms. The van der Waals surface area contributed by atoms with Crippen molar-refractivity contribution < 1.29 is 40.1 Å². The van der Waals surface area contributed by atoms with E-state index in [1.165, 1.54) is 50.6 Å². The number of phenols is 6. The predicted molar refractivity (Wildman–Crippen MR) is 143 cm³/mol. The van der Waals surface area contributed by atoms with E-state index >= 15 is 0 Å². The Morgan fingerprint density at radius 2 is 1.29 bits per heavy atom. The summed E-state index contributed by atoms with van der Waals surface area (Å²) in [5.74, 6) is -0.569. The highest BCUT2D eigenvalue weighted by Gasteiger charge is 2.24. The maximum absolute atomic E-state index is 11.2. The van der Waals surface area contributed by atoms with Crippen molar-refractivity contribution >= 4 is 12.2 Å². The molecule has 4 aromatic rings. The minimum absolute atomic E-state index is 0.0460. The van der Waals surface area contributed by atoms with Gasteiger partial charge in [0.2, 0.25) is 0 Å². The molecule has 0 fully saturated rings. The smallest absolute Gasteiger partial charge is 0.161 e. The molecule has 0 saturated heterocycles. The Hall–Kier alpha value is -4.98. The third-order valence-corrected chi connectivity index (χ3v) is 6.21. The number of rotatable bonds is 8. The zero-order chi connectivity index (χ0) is 27.4. The fourth-order valence-electron chi connectivity index (χ4n) is 4.34. The average Bonchev–Trinajstić information content (AvgIpc) is 2.88. The van der Waals surface area contributed by atoms with E-state index in [1.807, 2.05) is 0 Å². The molecule has 8 nitrogen and oxygen atoms in total. The van der Waals surface area contributed by atoms with E-state index in [0.29, 0.717) is 27.8 Å². The number of phenolic OH excluding ortho intramolecular Hbond substituents is 6. The number of benzene rings is 4. The maximum Gasteiger partial charge on any atom is 0.161 e. The summed E-state index contributed by atoms with van der Waals surface area (Å²) in [7, 11) is 2.87. The van der Waals surface area contributed by atoms with Gasteiger partial charge in [0.05, 0.1) is 14.2 Å². The Morgan fingerprint density at radius 1 is 0.632 bits per heavy atom. The highest BCUT2D eigenvalue weighted by atomic mass is 16.5. The highest BCUT2D eigenvalue weighted by Crippen LogP contribution is 2.43. The van der Waals surface area contributed by atoms with Crippen molar-refractivity contribution in [2.75, 3.05) is 14.2 Å². The van der Waals surface area contributed by atoms with Gasteiger partial charge in [-0.05, 0) is 71.1 Å². The van der Waals surface area contributed by atoms with E-state index in [2.05, 4.69) is 0 Å². The molecular formula is C30H28O8. The van der Waals surface area contributed by atoms with E-state index in [9.17, 15) is 30.6 Å². The molecule has 0 amide bonds. The van der Waals surface area contributed by atoms with Crippen molar-refractivity contribution in [3.05, 3.63) is 94.5 Å². The molecule has 0 saturated carbocycles. The Bertz CT molecular complexity index is 1470. The summed E-state index contributed by atoms with van der Waals surface area (Å²) < 4.78 is 10.7. The van der Waals surface area contributed by atoms with E-state index in [0.717, 1.165) is 0 Å². The van der Waals surface area contributed by atoms with Crippen LogP contribution in [-0.2, 0) is 6.42 Å². The zero-order valence-electron chi connectivity index (χ0n) is 20.8. The van der Waals surface area contributed by atoms with E-state index in [-0.39, 0.29) is 52.4 Å². The minimum atomic E-state index is -0.535. The SMILES string of the molecule is COc1cc(C(Cc2ccc(O)cc2O)c2cc(C=Cc3cc(O)cc(O)c3)cc(OC)c2O)ccc1O. The second-order valence-electron chi connectivity index (χ2n) is 8.78. The summed E-state index contributed by atoms with van der Waals surface area (Å²) in [6, 6.07) is 16.8. The van der Waals surface area contributed by atoms with Gasteiger partial charge in [0.1, 0.15) is 23.0 Å². The van der Waals surface area contributed by atoms with Gasteiger partial charge in [0.15, 0.2) is 23.0 Å².